The Morgan fingerprint density at radius 3 is 2.65 bits per heavy atom. The molecule has 4 nitrogen and oxygen atoms in total. The molecule has 2 aromatic rings. The Bertz CT molecular complexity index is 524. The number of rotatable bonds is 7. The molecule has 0 aliphatic heterocycles. The van der Waals surface area contributed by atoms with Crippen LogP contribution >= 0.6 is 0 Å². The van der Waals surface area contributed by atoms with E-state index >= 15 is 0 Å². The second-order valence-corrected chi connectivity index (χ2v) is 5.62. The van der Waals surface area contributed by atoms with Gasteiger partial charge in [-0.15, -0.1) is 0 Å². The van der Waals surface area contributed by atoms with Gasteiger partial charge in [-0.1, -0.05) is 6.92 Å². The van der Waals surface area contributed by atoms with Crippen molar-refractivity contribution in [3.63, 3.8) is 0 Å². The number of aromatic nitrogens is 3. The lowest BCUT2D eigenvalue weighted by molar-refractivity contribution is 0.514. The van der Waals surface area contributed by atoms with Gasteiger partial charge in [0.2, 0.25) is 0 Å². The first-order valence-corrected chi connectivity index (χ1v) is 7.54. The maximum atomic E-state index is 4.62. The lowest BCUT2D eigenvalue weighted by atomic mass is 10.2. The number of hydrogen-bond donors (Lipinski definition) is 1. The molecule has 2 aromatic heterocycles. The number of nitrogens with one attached hydrogen (secondary N) is 1. The molecule has 0 spiro atoms. The third-order valence-electron chi connectivity index (χ3n) is 3.53. The minimum atomic E-state index is 0.372. The second kappa shape index (κ2) is 6.75. The standard InChI is InChI=1S/C16H26N4/c1-5-9-17-14(4)16-7-6-10-19(16)12-15-8-11-20(18-15)13(2)3/h6-8,10-11,13-14,17H,5,9,12H2,1-4H3. The van der Waals surface area contributed by atoms with Crippen molar-refractivity contribution in [1.82, 2.24) is 19.7 Å². The molecule has 2 heterocycles. The Kier molecular flexibility index (Phi) is 5.01. The van der Waals surface area contributed by atoms with Crippen molar-refractivity contribution < 1.29 is 0 Å². The first-order valence-electron chi connectivity index (χ1n) is 7.54. The van der Waals surface area contributed by atoms with Gasteiger partial charge in [-0.05, 0) is 51.9 Å². The fraction of sp³-hybridized carbons (Fsp3) is 0.562. The van der Waals surface area contributed by atoms with Crippen molar-refractivity contribution in [2.24, 2.45) is 0 Å². The average molecular weight is 274 g/mol. The topological polar surface area (TPSA) is 34.8 Å². The van der Waals surface area contributed by atoms with Crippen molar-refractivity contribution in [3.8, 4) is 0 Å². The Labute approximate surface area is 121 Å². The summed E-state index contributed by atoms with van der Waals surface area (Å²) in [6, 6.07) is 7.19. The average Bonchev–Trinajstić information content (AvgIpc) is 3.05. The van der Waals surface area contributed by atoms with Crippen molar-refractivity contribution in [1.29, 1.82) is 0 Å². The highest BCUT2D eigenvalue weighted by Gasteiger charge is 2.10. The van der Waals surface area contributed by atoms with E-state index in [1.807, 2.05) is 4.68 Å². The van der Waals surface area contributed by atoms with Gasteiger partial charge in [0.25, 0.3) is 0 Å². The van der Waals surface area contributed by atoms with Crippen LogP contribution in [0.15, 0.2) is 30.6 Å². The van der Waals surface area contributed by atoms with E-state index in [1.54, 1.807) is 0 Å². The van der Waals surface area contributed by atoms with E-state index in [-0.39, 0.29) is 0 Å². The monoisotopic (exact) mass is 274 g/mol. The van der Waals surface area contributed by atoms with E-state index in [9.17, 15) is 0 Å². The maximum absolute atomic E-state index is 4.62. The van der Waals surface area contributed by atoms with Crippen LogP contribution in [0.5, 0.6) is 0 Å². The molecule has 0 aromatic carbocycles. The van der Waals surface area contributed by atoms with E-state index < -0.39 is 0 Å². The minimum absolute atomic E-state index is 0.372. The summed E-state index contributed by atoms with van der Waals surface area (Å²) in [5, 5.41) is 8.16. The second-order valence-electron chi connectivity index (χ2n) is 5.62. The highest BCUT2D eigenvalue weighted by molar-refractivity contribution is 5.14. The summed E-state index contributed by atoms with van der Waals surface area (Å²) < 4.78 is 4.29. The minimum Gasteiger partial charge on any atom is -0.344 e. The summed E-state index contributed by atoms with van der Waals surface area (Å²) in [5.41, 5.74) is 2.43. The van der Waals surface area contributed by atoms with Gasteiger partial charge in [-0.2, -0.15) is 5.10 Å². The van der Waals surface area contributed by atoms with Crippen LogP contribution in [0.1, 0.15) is 57.6 Å². The molecular weight excluding hydrogens is 248 g/mol. The predicted octanol–water partition coefficient (Wildman–Crippen LogP) is 3.37. The van der Waals surface area contributed by atoms with Gasteiger partial charge < -0.3 is 9.88 Å². The zero-order valence-corrected chi connectivity index (χ0v) is 13.0. The summed E-state index contributed by atoms with van der Waals surface area (Å²) in [6.45, 7) is 10.6. The molecule has 0 saturated heterocycles. The molecule has 0 aliphatic carbocycles. The van der Waals surface area contributed by atoms with E-state index in [0.29, 0.717) is 12.1 Å². The van der Waals surface area contributed by atoms with Gasteiger partial charge in [0.15, 0.2) is 0 Å². The normalized spacial score (nSPS) is 13.1. The van der Waals surface area contributed by atoms with Gasteiger partial charge >= 0.3 is 0 Å². The summed E-state index contributed by atoms with van der Waals surface area (Å²) in [6.07, 6.45) is 5.35. The van der Waals surface area contributed by atoms with Gasteiger partial charge in [0, 0.05) is 30.2 Å². The van der Waals surface area contributed by atoms with Crippen LogP contribution in [-0.4, -0.2) is 20.9 Å². The van der Waals surface area contributed by atoms with Crippen LogP contribution in [0, 0.1) is 0 Å². The van der Waals surface area contributed by atoms with Crippen LogP contribution in [0.2, 0.25) is 0 Å². The fourth-order valence-corrected chi connectivity index (χ4v) is 2.35. The lowest BCUT2D eigenvalue weighted by Gasteiger charge is -2.16. The molecule has 1 unspecified atom stereocenters. The Hall–Kier alpha value is -1.55. The molecule has 110 valence electrons. The molecule has 20 heavy (non-hydrogen) atoms. The molecule has 0 amide bonds. The summed E-state index contributed by atoms with van der Waals surface area (Å²) in [4.78, 5) is 0. The lowest BCUT2D eigenvalue weighted by Crippen LogP contribution is -2.22. The molecule has 0 aliphatic rings. The number of nitrogens with zero attached hydrogens (tertiary/aromatic N) is 3. The van der Waals surface area contributed by atoms with Crippen LogP contribution in [0.25, 0.3) is 0 Å². The van der Waals surface area contributed by atoms with E-state index in [0.717, 1.165) is 25.2 Å². The molecule has 1 atom stereocenters. The fourth-order valence-electron chi connectivity index (χ4n) is 2.35. The van der Waals surface area contributed by atoms with Crippen LogP contribution < -0.4 is 5.32 Å². The Morgan fingerprint density at radius 1 is 1.20 bits per heavy atom. The third kappa shape index (κ3) is 3.51. The van der Waals surface area contributed by atoms with Crippen molar-refractivity contribution >= 4 is 0 Å². The zero-order valence-electron chi connectivity index (χ0n) is 13.0. The maximum Gasteiger partial charge on any atom is 0.0821 e. The van der Waals surface area contributed by atoms with Crippen molar-refractivity contribution in [2.45, 2.75) is 52.7 Å². The van der Waals surface area contributed by atoms with E-state index in [4.69, 9.17) is 0 Å². The quantitative estimate of drug-likeness (QED) is 0.840. The molecule has 0 bridgehead atoms. The van der Waals surface area contributed by atoms with Gasteiger partial charge in [-0.3, -0.25) is 4.68 Å². The Morgan fingerprint density at radius 2 is 2.00 bits per heavy atom. The van der Waals surface area contributed by atoms with Crippen LogP contribution in [-0.2, 0) is 6.54 Å². The van der Waals surface area contributed by atoms with Crippen LogP contribution in [0.3, 0.4) is 0 Å². The molecule has 0 fully saturated rings. The van der Waals surface area contributed by atoms with E-state index in [1.165, 1.54) is 5.69 Å². The summed E-state index contributed by atoms with van der Waals surface area (Å²) >= 11 is 0. The van der Waals surface area contributed by atoms with Crippen molar-refractivity contribution in [3.05, 3.63) is 42.0 Å². The molecule has 1 N–H and O–H groups in total. The third-order valence-corrected chi connectivity index (χ3v) is 3.53. The molecule has 2 rings (SSSR count). The van der Waals surface area contributed by atoms with Crippen molar-refractivity contribution in [2.75, 3.05) is 6.54 Å². The molecule has 4 heteroatoms. The summed E-state index contributed by atoms with van der Waals surface area (Å²) in [7, 11) is 0. The number of hydrogen-bond acceptors (Lipinski definition) is 2. The first kappa shape index (κ1) is 14.9. The smallest absolute Gasteiger partial charge is 0.0821 e. The van der Waals surface area contributed by atoms with Gasteiger partial charge in [-0.25, -0.2) is 0 Å². The SMILES string of the molecule is CCCNC(C)c1cccn1Cc1ccn(C(C)C)n1. The zero-order chi connectivity index (χ0) is 14.5. The highest BCUT2D eigenvalue weighted by atomic mass is 15.3. The molecule has 0 radical (unpaired) electrons. The van der Waals surface area contributed by atoms with Gasteiger partial charge in [0.05, 0.1) is 12.2 Å². The molecule has 0 saturated carbocycles. The van der Waals surface area contributed by atoms with E-state index in [2.05, 4.69) is 73.3 Å². The summed E-state index contributed by atoms with van der Waals surface area (Å²) in [5.74, 6) is 0. The van der Waals surface area contributed by atoms with Gasteiger partial charge in [0.1, 0.15) is 0 Å². The molecular formula is C16H26N4. The largest absolute Gasteiger partial charge is 0.344 e. The Balaban J connectivity index is 2.07. The predicted molar refractivity (Wildman–Crippen MR) is 82.9 cm³/mol. The highest BCUT2D eigenvalue weighted by Crippen LogP contribution is 2.15. The van der Waals surface area contributed by atoms with Crippen LogP contribution in [0.4, 0.5) is 0 Å². The first-order chi connectivity index (χ1) is 9.61.